The molecule has 2 rings (SSSR count). The summed E-state index contributed by atoms with van der Waals surface area (Å²) in [5.41, 5.74) is -1.13. The summed E-state index contributed by atoms with van der Waals surface area (Å²) in [6.07, 6.45) is 2.97. The molecule has 0 bridgehead atoms. The summed E-state index contributed by atoms with van der Waals surface area (Å²) >= 11 is 0. The van der Waals surface area contributed by atoms with Crippen LogP contribution in [-0.2, 0) is 33.2 Å². The molecule has 0 heterocycles. The second-order valence-corrected chi connectivity index (χ2v) is 12.5. The SMILES string of the molecule is O=C(NCCOCCOCCOCCOC(=O)N(CCOC(=O)P=NP)CCOC(=O)P=NP)OCC1[C@H]2CCC#CCC[C@@H]12. The molecule has 19 heteroatoms. The van der Waals surface area contributed by atoms with Gasteiger partial charge in [-0.15, -0.1) is 11.8 Å². The third kappa shape index (κ3) is 18.7. The minimum absolute atomic E-state index is 0.0145. The molecule has 0 aliphatic heterocycles. The zero-order valence-electron chi connectivity index (χ0n) is 25.1. The molecule has 0 saturated heterocycles. The van der Waals surface area contributed by atoms with Crippen molar-refractivity contribution in [2.75, 3.05) is 85.7 Å². The topological polar surface area (TPSA) is 173 Å². The Morgan fingerprint density at radius 3 is 1.76 bits per heavy atom. The maximum Gasteiger partial charge on any atom is 0.410 e. The molecule has 0 aromatic carbocycles. The number of nitrogens with one attached hydrogen (secondary N) is 1. The standard InChI is InChI=1S/C26H42N4O11P4/c31-23(41-19-22-20-5-3-1-2-4-6-21(20)22)27-7-10-35-13-14-36-15-16-37-17-18-38-24(32)30(8-11-39-25(33)44-28-42)9-12-40-26(34)45-29-43/h20-22H,3-19,42-43H2,(H,27,31)/t20-,21+,22?. The molecule has 1 fully saturated rings. The van der Waals surface area contributed by atoms with Crippen molar-refractivity contribution in [1.82, 2.24) is 10.2 Å². The third-order valence-electron chi connectivity index (χ3n) is 6.67. The molecular weight excluding hydrogens is 668 g/mol. The van der Waals surface area contributed by atoms with Crippen molar-refractivity contribution < 1.29 is 52.3 Å². The Bertz CT molecular complexity index is 996. The van der Waals surface area contributed by atoms with Crippen molar-refractivity contribution in [3.63, 3.8) is 0 Å². The monoisotopic (exact) mass is 710 g/mol. The summed E-state index contributed by atoms with van der Waals surface area (Å²) in [4.78, 5) is 48.5. The molecule has 0 spiro atoms. The van der Waals surface area contributed by atoms with Crippen LogP contribution in [0.3, 0.4) is 0 Å². The van der Waals surface area contributed by atoms with Gasteiger partial charge in [-0.1, -0.05) is 0 Å². The van der Waals surface area contributed by atoms with Gasteiger partial charge in [0.05, 0.1) is 59.3 Å². The highest BCUT2D eigenvalue weighted by Gasteiger charge is 2.49. The lowest BCUT2D eigenvalue weighted by molar-refractivity contribution is 0.00262. The van der Waals surface area contributed by atoms with E-state index in [2.05, 4.69) is 45.0 Å². The molecule has 1 N–H and O–H groups in total. The predicted octanol–water partition coefficient (Wildman–Crippen LogP) is 4.75. The Hall–Kier alpha value is -2.02. The maximum atomic E-state index is 12.4. The largest absolute Gasteiger partial charge is 0.456 e. The molecule has 0 radical (unpaired) electrons. The van der Waals surface area contributed by atoms with E-state index in [1.54, 1.807) is 0 Å². The zero-order chi connectivity index (χ0) is 32.5. The van der Waals surface area contributed by atoms with Crippen LogP contribution in [0.2, 0.25) is 0 Å². The van der Waals surface area contributed by atoms with Gasteiger partial charge in [-0.05, 0) is 49.4 Å². The number of fused-ring (bicyclic) bond motifs is 1. The first-order chi connectivity index (χ1) is 22.0. The highest BCUT2D eigenvalue weighted by Crippen LogP contribution is 2.52. The van der Waals surface area contributed by atoms with Gasteiger partial charge in [0.25, 0.3) is 0 Å². The second-order valence-electron chi connectivity index (χ2n) is 9.55. The molecule has 45 heavy (non-hydrogen) atoms. The minimum atomic E-state index is -0.676. The average molecular weight is 711 g/mol. The number of carbonyl (C=O) groups excluding carboxylic acids is 4. The minimum Gasteiger partial charge on any atom is -0.456 e. The molecule has 252 valence electrons. The Labute approximate surface area is 271 Å². The lowest BCUT2D eigenvalue weighted by atomic mass is 10.1. The van der Waals surface area contributed by atoms with Crippen molar-refractivity contribution >= 4 is 59.1 Å². The van der Waals surface area contributed by atoms with Gasteiger partial charge in [0.15, 0.2) is 0 Å². The fourth-order valence-corrected chi connectivity index (χ4v) is 5.54. The van der Waals surface area contributed by atoms with Gasteiger partial charge in [-0.25, -0.2) is 28.2 Å². The van der Waals surface area contributed by atoms with Gasteiger partial charge in [-0.3, -0.25) is 0 Å². The number of alkyl carbamates (subject to hydrolysis) is 1. The molecule has 2 amide bonds. The van der Waals surface area contributed by atoms with Crippen molar-refractivity contribution in [2.45, 2.75) is 25.7 Å². The van der Waals surface area contributed by atoms with Gasteiger partial charge in [0, 0.05) is 19.4 Å². The fraction of sp³-hybridized carbons (Fsp3) is 0.769. The number of rotatable bonds is 22. The summed E-state index contributed by atoms with van der Waals surface area (Å²) in [5.74, 6) is 8.11. The van der Waals surface area contributed by atoms with E-state index in [-0.39, 0.29) is 62.9 Å². The van der Waals surface area contributed by atoms with Crippen LogP contribution >= 0.6 is 35.5 Å². The smallest absolute Gasteiger partial charge is 0.410 e. The van der Waals surface area contributed by atoms with Crippen LogP contribution < -0.4 is 5.32 Å². The van der Waals surface area contributed by atoms with Crippen LogP contribution in [0, 0.1) is 29.6 Å². The number of carbonyl (C=O) groups is 4. The number of hydrogen-bond acceptors (Lipinski definition) is 13. The Morgan fingerprint density at radius 1 is 0.711 bits per heavy atom. The van der Waals surface area contributed by atoms with E-state index in [1.165, 1.54) is 4.90 Å². The van der Waals surface area contributed by atoms with Crippen molar-refractivity contribution in [3.8, 4) is 11.8 Å². The summed E-state index contributed by atoms with van der Waals surface area (Å²) < 4.78 is 44.0. The lowest BCUT2D eigenvalue weighted by Gasteiger charge is -2.21. The second kappa shape index (κ2) is 25.1. The molecule has 2 aliphatic carbocycles. The Morgan fingerprint density at radius 2 is 1.22 bits per heavy atom. The average Bonchev–Trinajstić information content (AvgIpc) is 3.66. The number of ether oxygens (including phenoxy) is 7. The van der Waals surface area contributed by atoms with E-state index in [0.717, 1.165) is 25.7 Å². The van der Waals surface area contributed by atoms with Crippen molar-refractivity contribution in [3.05, 3.63) is 0 Å². The van der Waals surface area contributed by atoms with Crippen molar-refractivity contribution in [2.24, 2.45) is 26.8 Å². The van der Waals surface area contributed by atoms with Crippen LogP contribution in [0.5, 0.6) is 0 Å². The highest BCUT2D eigenvalue weighted by molar-refractivity contribution is 7.51. The number of amides is 2. The van der Waals surface area contributed by atoms with E-state index in [9.17, 15) is 19.2 Å². The number of hydrogen-bond donors (Lipinski definition) is 1. The van der Waals surface area contributed by atoms with Gasteiger partial charge < -0.3 is 43.4 Å². The molecule has 15 nitrogen and oxygen atoms in total. The molecule has 1 saturated carbocycles. The van der Waals surface area contributed by atoms with Gasteiger partial charge in [0.1, 0.15) is 36.6 Å². The fourth-order valence-electron chi connectivity index (χ4n) is 4.48. The summed E-state index contributed by atoms with van der Waals surface area (Å²) in [6.45, 7) is 2.53. The Kier molecular flexibility index (Phi) is 21.9. The molecule has 3 unspecified atom stereocenters. The Balaban J connectivity index is 1.43. The molecule has 0 aromatic rings. The number of nitrogens with zero attached hydrogens (tertiary/aromatic N) is 3. The molecule has 0 aromatic heterocycles. The van der Waals surface area contributed by atoms with Crippen molar-refractivity contribution in [1.29, 1.82) is 0 Å². The van der Waals surface area contributed by atoms with E-state index in [4.69, 9.17) is 33.2 Å². The first-order valence-electron chi connectivity index (χ1n) is 14.5. The molecular formula is C26H42N4O11P4. The molecule has 2 aliphatic rings. The summed E-state index contributed by atoms with van der Waals surface area (Å²) in [6, 6.07) is 0. The predicted molar refractivity (Wildman–Crippen MR) is 172 cm³/mol. The van der Waals surface area contributed by atoms with Crippen LogP contribution in [0.25, 0.3) is 0 Å². The normalized spacial score (nSPS) is 18.6. The van der Waals surface area contributed by atoms with Gasteiger partial charge in [-0.2, -0.15) is 0 Å². The zero-order valence-corrected chi connectivity index (χ0v) is 29.2. The van der Waals surface area contributed by atoms with Crippen LogP contribution in [0.1, 0.15) is 25.7 Å². The van der Waals surface area contributed by atoms with Crippen LogP contribution in [0.15, 0.2) is 9.03 Å². The quantitative estimate of drug-likeness (QED) is 0.0711. The van der Waals surface area contributed by atoms with Crippen LogP contribution in [0.4, 0.5) is 19.2 Å². The summed E-state index contributed by atoms with van der Waals surface area (Å²) in [5, 5.41) is 2.70. The van der Waals surface area contributed by atoms with E-state index in [0.29, 0.717) is 57.3 Å². The highest BCUT2D eigenvalue weighted by atomic mass is 31.1. The van der Waals surface area contributed by atoms with E-state index in [1.807, 2.05) is 0 Å². The third-order valence-corrected chi connectivity index (χ3v) is 8.18. The first-order valence-corrected chi connectivity index (χ1v) is 17.3. The van der Waals surface area contributed by atoms with Gasteiger partial charge in [0.2, 0.25) is 0 Å². The lowest BCUT2D eigenvalue weighted by Crippen LogP contribution is -2.38. The summed E-state index contributed by atoms with van der Waals surface area (Å²) in [7, 11) is 4.36. The maximum absolute atomic E-state index is 12.4. The first kappa shape index (κ1) is 39.2. The van der Waals surface area contributed by atoms with E-state index < -0.39 is 23.6 Å². The van der Waals surface area contributed by atoms with E-state index >= 15 is 0 Å². The molecule has 5 atom stereocenters. The van der Waals surface area contributed by atoms with Crippen LogP contribution in [-0.4, -0.2) is 114 Å². The van der Waals surface area contributed by atoms with Gasteiger partial charge >= 0.3 is 23.6 Å².